The predicted octanol–water partition coefficient (Wildman–Crippen LogP) is 5.31. The van der Waals surface area contributed by atoms with E-state index in [0.717, 1.165) is 5.56 Å². The molecular weight excluding hydrogens is 595 g/mol. The third kappa shape index (κ3) is 11.3. The number of ether oxygens (including phenoxy) is 3. The summed E-state index contributed by atoms with van der Waals surface area (Å²) < 4.78 is 54.6. The lowest BCUT2D eigenvalue weighted by Gasteiger charge is -2.27. The highest BCUT2D eigenvalue weighted by atomic mass is 19.4. The molecule has 0 saturated carbocycles. The zero-order valence-corrected chi connectivity index (χ0v) is 25.2. The number of carbonyl (C=O) groups excluding carboxylic acids is 2. The molecule has 2 aromatic carbocycles. The van der Waals surface area contributed by atoms with Crippen molar-refractivity contribution in [2.75, 3.05) is 43.5 Å². The molecule has 242 valence electrons. The van der Waals surface area contributed by atoms with Crippen molar-refractivity contribution in [3.05, 3.63) is 59.7 Å². The van der Waals surface area contributed by atoms with Gasteiger partial charge in [-0.1, -0.05) is 12.1 Å². The fourth-order valence-corrected chi connectivity index (χ4v) is 4.05. The van der Waals surface area contributed by atoms with E-state index in [-0.39, 0.29) is 31.0 Å². The lowest BCUT2D eigenvalue weighted by molar-refractivity contribution is -0.154. The number of anilines is 3. The average Bonchev–Trinajstić information content (AvgIpc) is 2.97. The lowest BCUT2D eigenvalue weighted by Crippen LogP contribution is -2.40. The Morgan fingerprint density at radius 2 is 1.64 bits per heavy atom. The molecular formula is C30H36F3N7O5. The number of aromatic nitrogens is 3. The standard InChI is InChI=1S/C30H36F3N7O5/c1-29(2,3)45-28(42)40-15-5-4-14-34-24(41)21-8-10-22(11-9-21)36-26-37-25(38-27(39-26)44-19-30(31,32)33)35-18-20-6-12-23(13-7-20)43-17-16-40/h6-13H,4-5,14-19H2,1-3H3,(H,34,41)(H2,35,36,37,38,39). The maximum Gasteiger partial charge on any atom is 0.422 e. The van der Waals surface area contributed by atoms with Crippen LogP contribution in [0.3, 0.4) is 0 Å². The van der Waals surface area contributed by atoms with Gasteiger partial charge in [0.1, 0.15) is 18.0 Å². The quantitative estimate of drug-likeness (QED) is 0.341. The number of amides is 2. The van der Waals surface area contributed by atoms with Crippen molar-refractivity contribution < 1.29 is 37.0 Å². The molecule has 45 heavy (non-hydrogen) atoms. The second-order valence-electron chi connectivity index (χ2n) is 11.1. The first-order valence-electron chi connectivity index (χ1n) is 14.4. The van der Waals surface area contributed by atoms with Crippen LogP contribution in [0.25, 0.3) is 0 Å². The van der Waals surface area contributed by atoms with E-state index in [1.165, 1.54) is 0 Å². The Morgan fingerprint density at radius 3 is 2.33 bits per heavy atom. The first-order valence-corrected chi connectivity index (χ1v) is 14.4. The number of benzene rings is 2. The number of carbonyl (C=O) groups is 2. The van der Waals surface area contributed by atoms with Gasteiger partial charge in [-0.2, -0.15) is 28.1 Å². The maximum atomic E-state index is 12.8. The number of alkyl halides is 3. The first-order chi connectivity index (χ1) is 21.3. The minimum Gasteiger partial charge on any atom is -0.492 e. The smallest absolute Gasteiger partial charge is 0.422 e. The molecule has 0 saturated heterocycles. The number of rotatable bonds is 2. The highest BCUT2D eigenvalue weighted by molar-refractivity contribution is 5.94. The third-order valence-corrected chi connectivity index (χ3v) is 6.18. The topological polar surface area (TPSA) is 140 Å². The van der Waals surface area contributed by atoms with Crippen LogP contribution in [0.2, 0.25) is 0 Å². The van der Waals surface area contributed by atoms with Gasteiger partial charge >= 0.3 is 18.3 Å². The van der Waals surface area contributed by atoms with Gasteiger partial charge in [0.25, 0.3) is 5.91 Å². The highest BCUT2D eigenvalue weighted by Gasteiger charge is 2.29. The largest absolute Gasteiger partial charge is 0.492 e. The third-order valence-electron chi connectivity index (χ3n) is 6.18. The molecule has 15 heteroatoms. The monoisotopic (exact) mass is 631 g/mol. The van der Waals surface area contributed by atoms with Gasteiger partial charge in [0.05, 0.1) is 6.54 Å². The minimum atomic E-state index is -4.58. The van der Waals surface area contributed by atoms with Crippen molar-refractivity contribution in [3.63, 3.8) is 0 Å². The summed E-state index contributed by atoms with van der Waals surface area (Å²) in [6.45, 7) is 5.42. The first kappa shape index (κ1) is 33.1. The van der Waals surface area contributed by atoms with E-state index in [1.54, 1.807) is 62.1 Å². The number of hydrogen-bond acceptors (Lipinski definition) is 10. The molecule has 1 aromatic heterocycles. The summed E-state index contributed by atoms with van der Waals surface area (Å²) in [5.74, 6) is 0.229. The van der Waals surface area contributed by atoms with Crippen LogP contribution in [0.15, 0.2) is 48.5 Å². The van der Waals surface area contributed by atoms with Crippen LogP contribution in [0.1, 0.15) is 49.5 Å². The maximum absolute atomic E-state index is 12.8. The van der Waals surface area contributed by atoms with Gasteiger partial charge in [-0.15, -0.1) is 0 Å². The summed E-state index contributed by atoms with van der Waals surface area (Å²) in [7, 11) is 0. The molecule has 0 atom stereocenters. The fourth-order valence-electron chi connectivity index (χ4n) is 4.05. The molecule has 0 unspecified atom stereocenters. The lowest BCUT2D eigenvalue weighted by atomic mass is 10.2. The highest BCUT2D eigenvalue weighted by Crippen LogP contribution is 2.21. The molecule has 12 nitrogen and oxygen atoms in total. The van der Waals surface area contributed by atoms with Crippen molar-refractivity contribution >= 4 is 29.6 Å². The van der Waals surface area contributed by atoms with Gasteiger partial charge in [-0.3, -0.25) is 4.79 Å². The minimum absolute atomic E-state index is 0.0160. The molecule has 6 bridgehead atoms. The number of halogens is 3. The predicted molar refractivity (Wildman–Crippen MR) is 160 cm³/mol. The molecule has 0 radical (unpaired) electrons. The molecule has 0 fully saturated rings. The summed E-state index contributed by atoms with van der Waals surface area (Å²) in [6, 6.07) is 13.0. The Kier molecular flexibility index (Phi) is 10.9. The van der Waals surface area contributed by atoms with Crippen molar-refractivity contribution in [2.24, 2.45) is 0 Å². The summed E-state index contributed by atoms with van der Waals surface area (Å²) in [5, 5.41) is 8.74. The second kappa shape index (κ2) is 14.8. The number of nitrogens with one attached hydrogen (secondary N) is 3. The van der Waals surface area contributed by atoms with E-state index in [1.807, 2.05) is 12.1 Å². The van der Waals surface area contributed by atoms with Gasteiger partial charge in [0, 0.05) is 30.9 Å². The van der Waals surface area contributed by atoms with Gasteiger partial charge in [-0.05, 0) is 75.6 Å². The summed E-state index contributed by atoms with van der Waals surface area (Å²) in [6.07, 6.45) is -3.77. The molecule has 4 aliphatic heterocycles. The summed E-state index contributed by atoms with van der Waals surface area (Å²) in [5.41, 5.74) is 1.05. The number of hydrogen-bond donors (Lipinski definition) is 3. The molecule has 2 amide bonds. The Morgan fingerprint density at radius 1 is 0.933 bits per heavy atom. The number of nitrogens with zero attached hydrogens (tertiary/aromatic N) is 4. The zero-order valence-electron chi connectivity index (χ0n) is 25.2. The van der Waals surface area contributed by atoms with Crippen LogP contribution in [0, 0.1) is 0 Å². The van der Waals surface area contributed by atoms with Crippen LogP contribution in [-0.2, 0) is 11.3 Å². The van der Waals surface area contributed by atoms with Crippen LogP contribution in [-0.4, -0.2) is 76.5 Å². The van der Waals surface area contributed by atoms with Gasteiger partial charge in [0.2, 0.25) is 11.9 Å². The van der Waals surface area contributed by atoms with Crippen molar-refractivity contribution in [1.29, 1.82) is 0 Å². The van der Waals surface area contributed by atoms with Crippen molar-refractivity contribution in [3.8, 4) is 11.8 Å². The fraction of sp³-hybridized carbons (Fsp3) is 0.433. The molecule has 4 aliphatic rings. The molecule has 3 aromatic rings. The summed E-state index contributed by atoms with van der Waals surface area (Å²) in [4.78, 5) is 39.2. The average molecular weight is 632 g/mol. The molecule has 0 aliphatic carbocycles. The Balaban J connectivity index is 1.54. The van der Waals surface area contributed by atoms with Crippen LogP contribution in [0.4, 0.5) is 35.5 Å². The molecule has 5 heterocycles. The van der Waals surface area contributed by atoms with Gasteiger partial charge in [-0.25, -0.2) is 4.79 Å². The zero-order chi connectivity index (χ0) is 32.5. The Hall–Kier alpha value is -4.82. The normalized spacial score (nSPS) is 15.2. The van der Waals surface area contributed by atoms with E-state index >= 15 is 0 Å². The SMILES string of the molecule is CC(C)(C)OC(=O)N1CCCCNC(=O)c2ccc(cc2)Nc2nc(nc(OCC(F)(F)F)n2)NCc2ccc(cc2)OCC1. The van der Waals surface area contributed by atoms with E-state index in [9.17, 15) is 22.8 Å². The molecule has 0 spiro atoms. The summed E-state index contributed by atoms with van der Waals surface area (Å²) >= 11 is 0. The van der Waals surface area contributed by atoms with E-state index < -0.39 is 30.5 Å². The van der Waals surface area contributed by atoms with Gasteiger partial charge in [0.15, 0.2) is 6.61 Å². The Labute approximate surface area is 258 Å². The van der Waals surface area contributed by atoms with Crippen molar-refractivity contribution in [2.45, 2.75) is 51.9 Å². The van der Waals surface area contributed by atoms with Gasteiger partial charge < -0.3 is 35.1 Å². The Bertz CT molecular complexity index is 1430. The van der Waals surface area contributed by atoms with E-state index in [2.05, 4.69) is 30.9 Å². The van der Waals surface area contributed by atoms with Crippen LogP contribution >= 0.6 is 0 Å². The van der Waals surface area contributed by atoms with E-state index in [0.29, 0.717) is 49.5 Å². The second-order valence-corrected chi connectivity index (χ2v) is 11.1. The van der Waals surface area contributed by atoms with Crippen molar-refractivity contribution in [1.82, 2.24) is 25.2 Å². The van der Waals surface area contributed by atoms with E-state index in [4.69, 9.17) is 14.2 Å². The molecule has 7 rings (SSSR count). The van der Waals surface area contributed by atoms with Crippen LogP contribution in [0.5, 0.6) is 11.8 Å². The molecule has 3 N–H and O–H groups in total. The van der Waals surface area contributed by atoms with Crippen LogP contribution < -0.4 is 25.4 Å².